The van der Waals surface area contributed by atoms with E-state index in [1.165, 1.54) is 0 Å². The zero-order valence-corrected chi connectivity index (χ0v) is 12.4. The van der Waals surface area contributed by atoms with E-state index in [0.29, 0.717) is 13.2 Å². The number of rotatable bonds is 6. The van der Waals surface area contributed by atoms with E-state index in [2.05, 4.69) is 4.90 Å². The standard InChI is InChI=1S/C14H25NO4/c1-5-18-13(17)7-6-12(16)9-15-8-11(2)19-14(3,4)10-15/h11H,5-10H2,1-4H3. The summed E-state index contributed by atoms with van der Waals surface area (Å²) in [5.41, 5.74) is -0.223. The molecule has 0 N–H and O–H groups in total. The molecule has 1 rings (SSSR count). The lowest BCUT2D eigenvalue weighted by Gasteiger charge is -2.41. The van der Waals surface area contributed by atoms with Crippen LogP contribution in [-0.4, -0.2) is 54.6 Å². The summed E-state index contributed by atoms with van der Waals surface area (Å²) in [4.78, 5) is 25.1. The Morgan fingerprint density at radius 2 is 2.05 bits per heavy atom. The number of carbonyl (C=O) groups excluding carboxylic acids is 2. The highest BCUT2D eigenvalue weighted by Gasteiger charge is 2.31. The molecule has 1 saturated heterocycles. The van der Waals surface area contributed by atoms with Gasteiger partial charge in [0.2, 0.25) is 0 Å². The van der Waals surface area contributed by atoms with Gasteiger partial charge in [-0.15, -0.1) is 0 Å². The number of esters is 1. The fourth-order valence-electron chi connectivity index (χ4n) is 2.51. The van der Waals surface area contributed by atoms with E-state index in [1.807, 2.05) is 20.8 Å². The lowest BCUT2D eigenvalue weighted by molar-refractivity contribution is -0.146. The fraction of sp³-hybridized carbons (Fsp3) is 0.857. The number of hydrogen-bond acceptors (Lipinski definition) is 5. The van der Waals surface area contributed by atoms with Crippen LogP contribution in [0.1, 0.15) is 40.5 Å². The topological polar surface area (TPSA) is 55.8 Å². The van der Waals surface area contributed by atoms with Gasteiger partial charge in [-0.3, -0.25) is 14.5 Å². The van der Waals surface area contributed by atoms with E-state index in [0.717, 1.165) is 13.1 Å². The van der Waals surface area contributed by atoms with Crippen LogP contribution in [0.4, 0.5) is 0 Å². The number of ether oxygens (including phenoxy) is 2. The lowest BCUT2D eigenvalue weighted by atomic mass is 10.0. The molecular formula is C14H25NO4. The highest BCUT2D eigenvalue weighted by molar-refractivity contribution is 5.84. The number of ketones is 1. The van der Waals surface area contributed by atoms with Gasteiger partial charge in [0, 0.05) is 19.5 Å². The minimum absolute atomic E-state index is 0.0814. The van der Waals surface area contributed by atoms with Crippen molar-refractivity contribution in [1.82, 2.24) is 4.90 Å². The molecule has 0 amide bonds. The average Bonchev–Trinajstić information content (AvgIpc) is 2.23. The molecular weight excluding hydrogens is 246 g/mol. The third-order valence-electron chi connectivity index (χ3n) is 2.95. The number of morpholine rings is 1. The first-order chi connectivity index (χ1) is 8.82. The lowest BCUT2D eigenvalue weighted by Crippen LogP contribution is -2.53. The van der Waals surface area contributed by atoms with Crippen molar-refractivity contribution in [3.8, 4) is 0 Å². The van der Waals surface area contributed by atoms with Crippen molar-refractivity contribution in [3.05, 3.63) is 0 Å². The molecule has 110 valence electrons. The highest BCUT2D eigenvalue weighted by Crippen LogP contribution is 2.20. The molecule has 0 aromatic rings. The maximum Gasteiger partial charge on any atom is 0.306 e. The van der Waals surface area contributed by atoms with Crippen molar-refractivity contribution in [3.63, 3.8) is 0 Å². The zero-order valence-electron chi connectivity index (χ0n) is 12.4. The van der Waals surface area contributed by atoms with Gasteiger partial charge in [-0.2, -0.15) is 0 Å². The average molecular weight is 271 g/mol. The van der Waals surface area contributed by atoms with Crippen LogP contribution in [0.2, 0.25) is 0 Å². The van der Waals surface area contributed by atoms with E-state index in [1.54, 1.807) is 6.92 Å². The molecule has 0 aliphatic carbocycles. The summed E-state index contributed by atoms with van der Waals surface area (Å²) in [7, 11) is 0. The first-order valence-corrected chi connectivity index (χ1v) is 6.90. The Bertz CT molecular complexity index is 327. The number of nitrogens with zero attached hydrogens (tertiary/aromatic N) is 1. The molecule has 1 fully saturated rings. The molecule has 0 aromatic carbocycles. The van der Waals surface area contributed by atoms with Crippen LogP contribution in [0.3, 0.4) is 0 Å². The Kier molecular flexibility index (Phi) is 5.94. The molecule has 5 heteroatoms. The van der Waals surface area contributed by atoms with Crippen LogP contribution in [-0.2, 0) is 19.1 Å². The summed E-state index contributed by atoms with van der Waals surface area (Å²) in [6, 6.07) is 0. The van der Waals surface area contributed by atoms with Gasteiger partial charge in [0.05, 0.1) is 31.3 Å². The highest BCUT2D eigenvalue weighted by atomic mass is 16.5. The van der Waals surface area contributed by atoms with Crippen LogP contribution < -0.4 is 0 Å². The monoisotopic (exact) mass is 271 g/mol. The second-order valence-electron chi connectivity index (χ2n) is 5.70. The first-order valence-electron chi connectivity index (χ1n) is 6.90. The number of carbonyl (C=O) groups is 2. The summed E-state index contributed by atoms with van der Waals surface area (Å²) >= 11 is 0. The van der Waals surface area contributed by atoms with Gasteiger partial charge < -0.3 is 9.47 Å². The van der Waals surface area contributed by atoms with Crippen LogP contribution in [0.15, 0.2) is 0 Å². The van der Waals surface area contributed by atoms with Crippen LogP contribution in [0.5, 0.6) is 0 Å². The SMILES string of the molecule is CCOC(=O)CCC(=O)CN1CC(C)OC(C)(C)C1. The normalized spacial score (nSPS) is 23.1. The molecule has 5 nitrogen and oxygen atoms in total. The molecule has 0 spiro atoms. The van der Waals surface area contributed by atoms with Gasteiger partial charge in [-0.1, -0.05) is 0 Å². The Balaban J connectivity index is 2.33. The summed E-state index contributed by atoms with van der Waals surface area (Å²) < 4.78 is 10.6. The summed E-state index contributed by atoms with van der Waals surface area (Å²) in [6.45, 7) is 10.1. The van der Waals surface area contributed by atoms with Crippen LogP contribution in [0.25, 0.3) is 0 Å². The molecule has 1 unspecified atom stereocenters. The molecule has 0 bridgehead atoms. The Morgan fingerprint density at radius 3 is 2.63 bits per heavy atom. The fourth-order valence-corrected chi connectivity index (χ4v) is 2.51. The molecule has 0 radical (unpaired) electrons. The second-order valence-corrected chi connectivity index (χ2v) is 5.70. The van der Waals surface area contributed by atoms with Crippen molar-refractivity contribution in [2.24, 2.45) is 0 Å². The summed E-state index contributed by atoms with van der Waals surface area (Å²) in [5.74, 6) is -0.218. The summed E-state index contributed by atoms with van der Waals surface area (Å²) in [6.07, 6.45) is 0.558. The Labute approximate surface area is 115 Å². The first kappa shape index (κ1) is 16.1. The maximum absolute atomic E-state index is 11.8. The number of Topliss-reactive ketones (excluding diaryl/α,β-unsaturated/α-hetero) is 1. The maximum atomic E-state index is 11.8. The van der Waals surface area contributed by atoms with Crippen molar-refractivity contribution < 1.29 is 19.1 Å². The predicted molar refractivity (Wildman–Crippen MR) is 71.9 cm³/mol. The van der Waals surface area contributed by atoms with E-state index < -0.39 is 0 Å². The van der Waals surface area contributed by atoms with Crippen molar-refractivity contribution in [2.75, 3.05) is 26.2 Å². The molecule has 1 heterocycles. The van der Waals surface area contributed by atoms with Crippen molar-refractivity contribution in [1.29, 1.82) is 0 Å². The third-order valence-corrected chi connectivity index (χ3v) is 2.95. The van der Waals surface area contributed by atoms with Gasteiger partial charge >= 0.3 is 5.97 Å². The van der Waals surface area contributed by atoms with Crippen LogP contribution in [0, 0.1) is 0 Å². The molecule has 1 atom stereocenters. The quantitative estimate of drug-likeness (QED) is 0.683. The Hall–Kier alpha value is -0.940. The van der Waals surface area contributed by atoms with Gasteiger partial charge in [0.1, 0.15) is 5.78 Å². The van der Waals surface area contributed by atoms with Crippen molar-refractivity contribution in [2.45, 2.75) is 52.2 Å². The third kappa shape index (κ3) is 6.16. The van der Waals surface area contributed by atoms with Gasteiger partial charge in [0.15, 0.2) is 0 Å². The number of hydrogen-bond donors (Lipinski definition) is 0. The summed E-state index contributed by atoms with van der Waals surface area (Å²) in [5, 5.41) is 0. The molecule has 1 aliphatic rings. The predicted octanol–water partition coefficient (Wildman–Crippen LogP) is 1.40. The molecule has 1 aliphatic heterocycles. The zero-order chi connectivity index (χ0) is 14.5. The van der Waals surface area contributed by atoms with E-state index >= 15 is 0 Å². The van der Waals surface area contributed by atoms with Gasteiger partial charge in [-0.25, -0.2) is 0 Å². The largest absolute Gasteiger partial charge is 0.466 e. The van der Waals surface area contributed by atoms with Gasteiger partial charge in [0.25, 0.3) is 0 Å². The van der Waals surface area contributed by atoms with Gasteiger partial charge in [-0.05, 0) is 27.7 Å². The van der Waals surface area contributed by atoms with Crippen molar-refractivity contribution >= 4 is 11.8 Å². The van der Waals surface area contributed by atoms with E-state index in [9.17, 15) is 9.59 Å². The minimum Gasteiger partial charge on any atom is -0.466 e. The van der Waals surface area contributed by atoms with E-state index in [4.69, 9.17) is 9.47 Å². The van der Waals surface area contributed by atoms with Crippen LogP contribution >= 0.6 is 0 Å². The molecule has 19 heavy (non-hydrogen) atoms. The smallest absolute Gasteiger partial charge is 0.306 e. The van der Waals surface area contributed by atoms with E-state index in [-0.39, 0.29) is 36.3 Å². The molecule has 0 aromatic heterocycles. The minimum atomic E-state index is -0.300. The second kappa shape index (κ2) is 7.01. The Morgan fingerprint density at radius 1 is 1.37 bits per heavy atom. The molecule has 0 saturated carbocycles.